The monoisotopic (exact) mass is 493 g/mol. The Hall–Kier alpha value is -3.88. The van der Waals surface area contributed by atoms with Crippen molar-refractivity contribution in [3.05, 3.63) is 64.1 Å². The number of fused-ring (bicyclic) bond motifs is 1. The van der Waals surface area contributed by atoms with E-state index >= 15 is 0 Å². The summed E-state index contributed by atoms with van der Waals surface area (Å²) in [7, 11) is 0. The van der Waals surface area contributed by atoms with Crippen molar-refractivity contribution in [1.29, 1.82) is 0 Å². The molecule has 176 valence electrons. The highest BCUT2D eigenvalue weighted by Crippen LogP contribution is 2.21. The summed E-state index contributed by atoms with van der Waals surface area (Å²) in [5, 5.41) is 18.7. The molecule has 0 bridgehead atoms. The maximum atomic E-state index is 13.4. The van der Waals surface area contributed by atoms with Crippen molar-refractivity contribution in [1.82, 2.24) is 14.3 Å². The maximum Gasteiger partial charge on any atom is 0.490 e. The summed E-state index contributed by atoms with van der Waals surface area (Å²) in [6.07, 6.45) is -4.24. The Bertz CT molecular complexity index is 1240. The van der Waals surface area contributed by atoms with Gasteiger partial charge in [0.1, 0.15) is 16.5 Å². The van der Waals surface area contributed by atoms with Crippen LogP contribution in [0.2, 0.25) is 0 Å². The zero-order valence-electron chi connectivity index (χ0n) is 16.0. The fourth-order valence-electron chi connectivity index (χ4n) is 2.41. The highest BCUT2D eigenvalue weighted by molar-refractivity contribution is 7.14. The van der Waals surface area contributed by atoms with E-state index < -0.39 is 53.8 Å². The van der Waals surface area contributed by atoms with E-state index in [0.29, 0.717) is 10.9 Å². The van der Waals surface area contributed by atoms with Gasteiger partial charge in [-0.1, -0.05) is 0 Å². The first-order chi connectivity index (χ1) is 15.3. The lowest BCUT2D eigenvalue weighted by molar-refractivity contribution is -0.192. The summed E-state index contributed by atoms with van der Waals surface area (Å²) in [6, 6.07) is 3.39. The highest BCUT2D eigenvalue weighted by Gasteiger charge is 2.38. The number of alkyl halides is 3. The smallest absolute Gasteiger partial charge is 0.481 e. The topological polar surface area (TPSA) is 139 Å². The maximum absolute atomic E-state index is 13.4. The second-order valence-corrected chi connectivity index (χ2v) is 7.09. The van der Waals surface area contributed by atoms with Crippen LogP contribution in [0.1, 0.15) is 18.0 Å². The number of halogens is 5. The number of amides is 1. The molecular formula is C18H12F5N3O6S. The van der Waals surface area contributed by atoms with Crippen LogP contribution in [0.15, 0.2) is 41.3 Å². The van der Waals surface area contributed by atoms with E-state index in [4.69, 9.17) is 15.0 Å². The number of benzene rings is 1. The number of carboxylic acid groups (broad SMARTS) is 2. The lowest BCUT2D eigenvalue weighted by atomic mass is 10.0. The quantitative estimate of drug-likeness (QED) is 0.475. The number of nitrogens with one attached hydrogen (secondary N) is 1. The molecule has 0 radical (unpaired) electrons. The number of carbonyl (C=O) groups is 3. The number of pyridine rings is 1. The van der Waals surface area contributed by atoms with Crippen LogP contribution in [0.4, 0.5) is 26.7 Å². The van der Waals surface area contributed by atoms with Gasteiger partial charge in [-0.05, 0) is 41.4 Å². The van der Waals surface area contributed by atoms with Crippen LogP contribution in [-0.4, -0.2) is 43.3 Å². The predicted octanol–water partition coefficient (Wildman–Crippen LogP) is 3.14. The second kappa shape index (κ2) is 10.2. The Kier molecular flexibility index (Phi) is 7.81. The number of carbonyl (C=O) groups excluding carboxylic acids is 1. The Labute approximate surface area is 183 Å². The van der Waals surface area contributed by atoms with Crippen LogP contribution in [-0.2, 0) is 9.59 Å². The molecule has 3 rings (SSSR count). The Morgan fingerprint density at radius 1 is 1.12 bits per heavy atom. The van der Waals surface area contributed by atoms with Crippen molar-refractivity contribution in [2.45, 2.75) is 18.6 Å². The molecule has 9 nitrogen and oxygen atoms in total. The summed E-state index contributed by atoms with van der Waals surface area (Å²) in [6.45, 7) is 0. The third kappa shape index (κ3) is 6.80. The fraction of sp³-hybridized carbons (Fsp3) is 0.167. The van der Waals surface area contributed by atoms with Crippen molar-refractivity contribution in [3.8, 4) is 0 Å². The molecule has 33 heavy (non-hydrogen) atoms. The molecule has 1 aromatic carbocycles. The van der Waals surface area contributed by atoms with Gasteiger partial charge in [-0.15, -0.1) is 0 Å². The van der Waals surface area contributed by atoms with Gasteiger partial charge in [-0.3, -0.25) is 9.59 Å². The summed E-state index contributed by atoms with van der Waals surface area (Å²) in [5.41, 5.74) is -0.680. The molecule has 3 N–H and O–H groups in total. The van der Waals surface area contributed by atoms with Crippen LogP contribution in [0.25, 0.3) is 10.2 Å². The van der Waals surface area contributed by atoms with Crippen LogP contribution in [0.5, 0.6) is 0 Å². The molecule has 0 aliphatic rings. The third-order valence-electron chi connectivity index (χ3n) is 3.75. The van der Waals surface area contributed by atoms with E-state index in [9.17, 15) is 36.3 Å². The SMILES string of the molecule is O=C(O)C(F)(F)F.O=C(O)CC(NC(=O)n1sc2ncccc2c1=O)c1cc(F)cc(F)c1. The molecule has 0 aliphatic carbocycles. The zero-order chi connectivity index (χ0) is 24.9. The summed E-state index contributed by atoms with van der Waals surface area (Å²) in [4.78, 5) is 48.9. The average molecular weight is 493 g/mol. The van der Waals surface area contributed by atoms with Crippen molar-refractivity contribution < 1.29 is 46.5 Å². The fourth-order valence-corrected chi connectivity index (χ4v) is 3.26. The first-order valence-corrected chi connectivity index (χ1v) is 9.32. The molecule has 15 heteroatoms. The number of carboxylic acids is 2. The molecule has 1 atom stereocenters. The van der Waals surface area contributed by atoms with Gasteiger partial charge >= 0.3 is 24.1 Å². The van der Waals surface area contributed by atoms with Gasteiger partial charge in [-0.2, -0.15) is 17.1 Å². The minimum absolute atomic E-state index is 0.0643. The predicted molar refractivity (Wildman–Crippen MR) is 103 cm³/mol. The second-order valence-electron chi connectivity index (χ2n) is 6.15. The first-order valence-electron chi connectivity index (χ1n) is 8.55. The highest BCUT2D eigenvalue weighted by atomic mass is 32.1. The van der Waals surface area contributed by atoms with Gasteiger partial charge in [0.05, 0.1) is 17.8 Å². The van der Waals surface area contributed by atoms with Gasteiger partial charge in [0.25, 0.3) is 5.56 Å². The number of hydrogen-bond donors (Lipinski definition) is 3. The molecule has 3 aromatic rings. The molecule has 0 saturated heterocycles. The van der Waals surface area contributed by atoms with Crippen molar-refractivity contribution >= 4 is 39.7 Å². The molecule has 0 spiro atoms. The summed E-state index contributed by atoms with van der Waals surface area (Å²) in [5.74, 6) is -5.86. The van der Waals surface area contributed by atoms with Crippen molar-refractivity contribution in [2.75, 3.05) is 0 Å². The largest absolute Gasteiger partial charge is 0.490 e. The number of aromatic nitrogens is 2. The van der Waals surface area contributed by atoms with E-state index in [2.05, 4.69) is 10.3 Å². The first kappa shape index (κ1) is 25.4. The van der Waals surface area contributed by atoms with E-state index in [0.717, 1.165) is 27.6 Å². The average Bonchev–Trinajstić information content (AvgIpc) is 3.03. The molecule has 1 amide bonds. The van der Waals surface area contributed by atoms with Gasteiger partial charge < -0.3 is 15.5 Å². The molecule has 2 heterocycles. The minimum atomic E-state index is -5.08. The molecule has 0 fully saturated rings. The van der Waals surface area contributed by atoms with Crippen LogP contribution >= 0.6 is 11.5 Å². The molecule has 1 unspecified atom stereocenters. The van der Waals surface area contributed by atoms with Crippen LogP contribution < -0.4 is 10.9 Å². The van der Waals surface area contributed by atoms with Crippen LogP contribution in [0.3, 0.4) is 0 Å². The zero-order valence-corrected chi connectivity index (χ0v) is 16.8. The Morgan fingerprint density at radius 3 is 2.18 bits per heavy atom. The lowest BCUT2D eigenvalue weighted by Gasteiger charge is -2.17. The van der Waals surface area contributed by atoms with Gasteiger partial charge in [-0.25, -0.2) is 23.4 Å². The number of aliphatic carboxylic acids is 2. The molecule has 0 saturated carbocycles. The number of nitrogens with zero attached hydrogens (tertiary/aromatic N) is 2. The van der Waals surface area contributed by atoms with Crippen molar-refractivity contribution in [3.63, 3.8) is 0 Å². The van der Waals surface area contributed by atoms with Gasteiger partial charge in [0, 0.05) is 12.3 Å². The normalized spacial score (nSPS) is 11.9. The van der Waals surface area contributed by atoms with Gasteiger partial charge in [0.2, 0.25) is 0 Å². The molecule has 2 aromatic heterocycles. The lowest BCUT2D eigenvalue weighted by Crippen LogP contribution is -2.36. The van der Waals surface area contributed by atoms with E-state index in [1.807, 2.05) is 0 Å². The van der Waals surface area contributed by atoms with Crippen LogP contribution in [0, 0.1) is 11.6 Å². The number of rotatable bonds is 4. The standard InChI is InChI=1S/C16H11F2N3O4S.C2HF3O2/c17-9-4-8(5-10(18)6-9)12(7-13(22)23)20-16(25)21-15(24)11-2-1-3-19-14(11)26-21;3-2(4,5)1(6)7/h1-6,12H,7H2,(H,20,25)(H,22,23);(H,6,7). The molecule has 0 aliphatic heterocycles. The molecular weight excluding hydrogens is 481 g/mol. The summed E-state index contributed by atoms with van der Waals surface area (Å²) < 4.78 is 59.4. The minimum Gasteiger partial charge on any atom is -0.481 e. The van der Waals surface area contributed by atoms with Crippen molar-refractivity contribution in [2.24, 2.45) is 0 Å². The van der Waals surface area contributed by atoms with E-state index in [1.54, 1.807) is 6.07 Å². The summed E-state index contributed by atoms with van der Waals surface area (Å²) >= 11 is 0.780. The van der Waals surface area contributed by atoms with E-state index in [-0.39, 0.29) is 10.9 Å². The van der Waals surface area contributed by atoms with E-state index in [1.165, 1.54) is 12.3 Å². The Balaban J connectivity index is 0.000000479. The third-order valence-corrected chi connectivity index (χ3v) is 4.77. The number of hydrogen-bond acceptors (Lipinski definition) is 6. The Morgan fingerprint density at radius 2 is 1.70 bits per heavy atom. The van der Waals surface area contributed by atoms with Gasteiger partial charge in [0.15, 0.2) is 0 Å².